The van der Waals surface area contributed by atoms with Crippen LogP contribution in [0.2, 0.25) is 0 Å². The van der Waals surface area contributed by atoms with Gasteiger partial charge in [-0.25, -0.2) is 8.42 Å². The van der Waals surface area contributed by atoms with Gasteiger partial charge in [0.1, 0.15) is 5.75 Å². The standard InChI is InChI=1S/C19H30N2O4S/c1-4-5-12-20-19(22)16-10-13-21(14-11-16)26(23,24)18-8-6-17(7-9-18)25-15(2)3/h6-9,15-16H,4-5,10-14H2,1-3H3,(H,20,22). The van der Waals surface area contributed by atoms with Crippen molar-refractivity contribution in [2.24, 2.45) is 5.92 Å². The smallest absolute Gasteiger partial charge is 0.243 e. The second-order valence-corrected chi connectivity index (χ2v) is 8.90. The highest BCUT2D eigenvalue weighted by molar-refractivity contribution is 7.89. The maximum absolute atomic E-state index is 12.8. The molecule has 7 heteroatoms. The molecule has 26 heavy (non-hydrogen) atoms. The molecule has 1 heterocycles. The normalized spacial score (nSPS) is 16.6. The maximum atomic E-state index is 12.8. The maximum Gasteiger partial charge on any atom is 0.243 e. The van der Waals surface area contributed by atoms with Gasteiger partial charge < -0.3 is 10.1 Å². The Labute approximate surface area is 157 Å². The molecule has 0 unspecified atom stereocenters. The quantitative estimate of drug-likeness (QED) is 0.702. The van der Waals surface area contributed by atoms with Crippen LogP contribution in [-0.2, 0) is 14.8 Å². The Morgan fingerprint density at radius 3 is 2.38 bits per heavy atom. The van der Waals surface area contributed by atoms with Crippen molar-refractivity contribution in [3.05, 3.63) is 24.3 Å². The molecule has 0 saturated carbocycles. The molecular weight excluding hydrogens is 352 g/mol. The van der Waals surface area contributed by atoms with E-state index in [4.69, 9.17) is 4.74 Å². The number of benzene rings is 1. The van der Waals surface area contributed by atoms with Gasteiger partial charge in [-0.05, 0) is 57.4 Å². The molecule has 1 aliphatic rings. The first-order valence-corrected chi connectivity index (χ1v) is 10.8. The first kappa shape index (κ1) is 20.7. The monoisotopic (exact) mass is 382 g/mol. The topological polar surface area (TPSA) is 75.7 Å². The molecule has 2 rings (SSSR count). The summed E-state index contributed by atoms with van der Waals surface area (Å²) >= 11 is 0. The fraction of sp³-hybridized carbons (Fsp3) is 0.632. The van der Waals surface area contributed by atoms with E-state index in [2.05, 4.69) is 12.2 Å². The third kappa shape index (κ3) is 5.45. The zero-order valence-electron chi connectivity index (χ0n) is 15.9. The van der Waals surface area contributed by atoms with Crippen LogP contribution in [-0.4, -0.2) is 44.4 Å². The predicted octanol–water partition coefficient (Wildman–Crippen LogP) is 2.79. The summed E-state index contributed by atoms with van der Waals surface area (Å²) in [5, 5.41) is 2.94. The molecule has 1 amide bonds. The fourth-order valence-corrected chi connectivity index (χ4v) is 4.47. The van der Waals surface area contributed by atoms with Gasteiger partial charge in [-0.3, -0.25) is 4.79 Å². The molecule has 0 aromatic heterocycles. The van der Waals surface area contributed by atoms with Crippen molar-refractivity contribution in [3.63, 3.8) is 0 Å². The van der Waals surface area contributed by atoms with E-state index in [-0.39, 0.29) is 22.8 Å². The predicted molar refractivity (Wildman–Crippen MR) is 102 cm³/mol. The SMILES string of the molecule is CCCCNC(=O)C1CCN(S(=O)(=O)c2ccc(OC(C)C)cc2)CC1. The minimum absolute atomic E-state index is 0.0416. The molecule has 1 aliphatic heterocycles. The molecule has 0 atom stereocenters. The highest BCUT2D eigenvalue weighted by Crippen LogP contribution is 2.25. The van der Waals surface area contributed by atoms with Crippen molar-refractivity contribution in [1.29, 1.82) is 0 Å². The van der Waals surface area contributed by atoms with Crippen LogP contribution in [0, 0.1) is 5.92 Å². The Kier molecular flexibility index (Phi) is 7.46. The molecule has 1 N–H and O–H groups in total. The zero-order chi connectivity index (χ0) is 19.2. The van der Waals surface area contributed by atoms with Crippen LogP contribution >= 0.6 is 0 Å². The summed E-state index contributed by atoms with van der Waals surface area (Å²) in [7, 11) is -3.53. The Morgan fingerprint density at radius 2 is 1.85 bits per heavy atom. The van der Waals surface area contributed by atoms with Gasteiger partial charge in [-0.2, -0.15) is 4.31 Å². The van der Waals surface area contributed by atoms with Crippen LogP contribution in [0.4, 0.5) is 0 Å². The Morgan fingerprint density at radius 1 is 1.23 bits per heavy atom. The van der Waals surface area contributed by atoms with Gasteiger partial charge in [0.15, 0.2) is 0 Å². The number of nitrogens with zero attached hydrogens (tertiary/aromatic N) is 1. The van der Waals surface area contributed by atoms with Gasteiger partial charge in [-0.15, -0.1) is 0 Å². The van der Waals surface area contributed by atoms with Crippen LogP contribution < -0.4 is 10.1 Å². The summed E-state index contributed by atoms with van der Waals surface area (Å²) in [6, 6.07) is 6.52. The first-order chi connectivity index (χ1) is 12.3. The van der Waals surface area contributed by atoms with Gasteiger partial charge in [0, 0.05) is 25.6 Å². The number of carbonyl (C=O) groups excluding carboxylic acids is 1. The number of amides is 1. The van der Waals surface area contributed by atoms with Crippen molar-refractivity contribution in [2.75, 3.05) is 19.6 Å². The van der Waals surface area contributed by atoms with E-state index < -0.39 is 10.0 Å². The minimum Gasteiger partial charge on any atom is -0.491 e. The van der Waals surface area contributed by atoms with Crippen molar-refractivity contribution in [3.8, 4) is 5.75 Å². The van der Waals surface area contributed by atoms with Crippen molar-refractivity contribution in [2.45, 2.75) is 57.5 Å². The molecular formula is C19H30N2O4S. The summed E-state index contributed by atoms with van der Waals surface area (Å²) in [5.41, 5.74) is 0. The Hall–Kier alpha value is -1.60. The van der Waals surface area contributed by atoms with Gasteiger partial charge in [-0.1, -0.05) is 13.3 Å². The molecule has 1 saturated heterocycles. The average Bonchev–Trinajstić information content (AvgIpc) is 2.62. The van der Waals surface area contributed by atoms with Crippen LogP contribution in [0.3, 0.4) is 0 Å². The summed E-state index contributed by atoms with van der Waals surface area (Å²) < 4.78 is 32.6. The summed E-state index contributed by atoms with van der Waals surface area (Å²) in [6.07, 6.45) is 3.17. The number of rotatable bonds is 8. The van der Waals surface area contributed by atoms with Crippen LogP contribution in [0.15, 0.2) is 29.2 Å². The molecule has 1 aromatic rings. The lowest BCUT2D eigenvalue weighted by Gasteiger charge is -2.30. The largest absolute Gasteiger partial charge is 0.491 e. The molecule has 146 valence electrons. The second-order valence-electron chi connectivity index (χ2n) is 6.96. The minimum atomic E-state index is -3.53. The van der Waals surface area contributed by atoms with Crippen LogP contribution in [0.5, 0.6) is 5.75 Å². The van der Waals surface area contributed by atoms with Gasteiger partial charge >= 0.3 is 0 Å². The van der Waals surface area contributed by atoms with E-state index in [9.17, 15) is 13.2 Å². The Balaban J connectivity index is 1.94. The number of carbonyl (C=O) groups is 1. The highest BCUT2D eigenvalue weighted by atomic mass is 32.2. The number of sulfonamides is 1. The number of ether oxygens (including phenoxy) is 1. The molecule has 0 bridgehead atoms. The van der Waals surface area contributed by atoms with Gasteiger partial charge in [0.2, 0.25) is 15.9 Å². The van der Waals surface area contributed by atoms with Crippen molar-refractivity contribution >= 4 is 15.9 Å². The number of nitrogens with one attached hydrogen (secondary N) is 1. The van der Waals surface area contributed by atoms with E-state index in [0.29, 0.717) is 38.2 Å². The number of hydrogen-bond acceptors (Lipinski definition) is 4. The zero-order valence-corrected chi connectivity index (χ0v) is 16.7. The third-order valence-corrected chi connectivity index (χ3v) is 6.40. The number of piperidine rings is 1. The lowest BCUT2D eigenvalue weighted by Crippen LogP contribution is -2.43. The molecule has 0 radical (unpaired) electrons. The third-order valence-electron chi connectivity index (χ3n) is 4.49. The average molecular weight is 383 g/mol. The molecule has 1 aromatic carbocycles. The highest BCUT2D eigenvalue weighted by Gasteiger charge is 2.31. The van der Waals surface area contributed by atoms with Gasteiger partial charge in [0.05, 0.1) is 11.0 Å². The van der Waals surface area contributed by atoms with E-state index in [1.165, 1.54) is 4.31 Å². The lowest BCUT2D eigenvalue weighted by molar-refractivity contribution is -0.126. The van der Waals surface area contributed by atoms with Gasteiger partial charge in [0.25, 0.3) is 0 Å². The van der Waals surface area contributed by atoms with E-state index in [0.717, 1.165) is 12.8 Å². The molecule has 0 spiro atoms. The lowest BCUT2D eigenvalue weighted by atomic mass is 9.97. The second kappa shape index (κ2) is 9.37. The van der Waals surface area contributed by atoms with E-state index >= 15 is 0 Å². The Bertz CT molecular complexity index is 678. The number of unbranched alkanes of at least 4 members (excludes halogenated alkanes) is 1. The van der Waals surface area contributed by atoms with E-state index in [1.807, 2.05) is 13.8 Å². The van der Waals surface area contributed by atoms with Crippen LogP contribution in [0.25, 0.3) is 0 Å². The van der Waals surface area contributed by atoms with Crippen molar-refractivity contribution < 1.29 is 17.9 Å². The molecule has 0 aliphatic carbocycles. The summed E-state index contributed by atoms with van der Waals surface area (Å²) in [6.45, 7) is 7.37. The fourth-order valence-electron chi connectivity index (χ4n) is 3.00. The molecule has 6 nitrogen and oxygen atoms in total. The molecule has 1 fully saturated rings. The van der Waals surface area contributed by atoms with Crippen molar-refractivity contribution in [1.82, 2.24) is 9.62 Å². The summed E-state index contributed by atoms with van der Waals surface area (Å²) in [5.74, 6) is 0.604. The first-order valence-electron chi connectivity index (χ1n) is 9.39. The number of hydrogen-bond donors (Lipinski definition) is 1. The van der Waals surface area contributed by atoms with E-state index in [1.54, 1.807) is 24.3 Å². The summed E-state index contributed by atoms with van der Waals surface area (Å²) in [4.78, 5) is 12.4. The van der Waals surface area contributed by atoms with Crippen LogP contribution in [0.1, 0.15) is 46.5 Å².